The van der Waals surface area contributed by atoms with E-state index in [-0.39, 0.29) is 19.4 Å². The molecule has 3 N–H and O–H groups in total. The summed E-state index contributed by atoms with van der Waals surface area (Å²) >= 11 is 0. The molecule has 2 fully saturated rings. The van der Waals surface area contributed by atoms with Crippen LogP contribution in [0.1, 0.15) is 103 Å². The minimum absolute atomic E-state index is 0.0483. The molecule has 2 aliphatic rings. The first-order valence-corrected chi connectivity index (χ1v) is 13.8. The Morgan fingerprint density at radius 1 is 0.919 bits per heavy atom. The maximum Gasteiger partial charge on any atom is 0.408 e. The molecular weight excluding hydrogens is 472 g/mol. The molecule has 0 aliphatic heterocycles. The van der Waals surface area contributed by atoms with Crippen LogP contribution < -0.4 is 10.6 Å². The van der Waals surface area contributed by atoms with Gasteiger partial charge in [-0.05, 0) is 58.4 Å². The third-order valence-corrected chi connectivity index (χ3v) is 6.52. The van der Waals surface area contributed by atoms with Crippen LogP contribution in [0.3, 0.4) is 0 Å². The maximum atomic E-state index is 12.1. The highest BCUT2D eigenvalue weighted by Gasteiger charge is 2.27. The van der Waals surface area contributed by atoms with E-state index in [1.54, 1.807) is 32.9 Å². The Labute approximate surface area is 221 Å². The number of aliphatic carboxylic acids is 1. The first-order chi connectivity index (χ1) is 17.6. The molecule has 37 heavy (non-hydrogen) atoms. The number of carboxylic acids is 1. The number of esters is 1. The van der Waals surface area contributed by atoms with Crippen molar-refractivity contribution in [2.75, 3.05) is 0 Å². The number of carboxylic acid groups (broad SMARTS) is 1. The number of nitrogens with one attached hydrogen (secondary N) is 2. The van der Waals surface area contributed by atoms with Gasteiger partial charge in [0.15, 0.2) is 0 Å². The highest BCUT2D eigenvalue weighted by Crippen LogP contribution is 2.22. The molecule has 1 atom stereocenters. The zero-order valence-corrected chi connectivity index (χ0v) is 22.8. The van der Waals surface area contributed by atoms with Crippen LogP contribution in [-0.2, 0) is 25.7 Å². The Bertz CT molecular complexity index is 795. The second-order valence-corrected chi connectivity index (χ2v) is 11.1. The van der Waals surface area contributed by atoms with Crippen LogP contribution in [-0.4, -0.2) is 46.9 Å². The first-order valence-electron chi connectivity index (χ1n) is 13.8. The minimum atomic E-state index is -1.08. The predicted octanol–water partition coefficient (Wildman–Crippen LogP) is 5.73. The van der Waals surface area contributed by atoms with Crippen LogP contribution in [0.4, 0.5) is 4.79 Å². The molecule has 1 aromatic rings. The molecule has 1 amide bonds. The summed E-state index contributed by atoms with van der Waals surface area (Å²) in [6.07, 6.45) is 13.4. The van der Waals surface area contributed by atoms with Crippen LogP contribution in [0.15, 0.2) is 30.3 Å². The van der Waals surface area contributed by atoms with Crippen molar-refractivity contribution < 1.29 is 29.0 Å². The van der Waals surface area contributed by atoms with E-state index in [2.05, 4.69) is 10.6 Å². The van der Waals surface area contributed by atoms with E-state index in [4.69, 9.17) is 14.6 Å². The zero-order chi connectivity index (χ0) is 27.1. The SMILES string of the molecule is C1CCC(NC2CCCCC2)CC1.CC(C)(C)OC(=O)[C@H](CCC(=O)O)NC(=O)OCc1ccccc1. The number of hydrogen-bond donors (Lipinski definition) is 3. The summed E-state index contributed by atoms with van der Waals surface area (Å²) in [5.41, 5.74) is 0.0563. The quantitative estimate of drug-likeness (QED) is 0.358. The van der Waals surface area contributed by atoms with Gasteiger partial charge in [-0.1, -0.05) is 68.9 Å². The highest BCUT2D eigenvalue weighted by atomic mass is 16.6. The molecule has 8 heteroatoms. The number of hydrogen-bond acceptors (Lipinski definition) is 6. The van der Waals surface area contributed by atoms with Gasteiger partial charge in [0.2, 0.25) is 0 Å². The van der Waals surface area contributed by atoms with Crippen molar-refractivity contribution in [2.45, 2.75) is 128 Å². The molecule has 3 rings (SSSR count). The average Bonchev–Trinajstić information content (AvgIpc) is 2.86. The molecule has 1 aromatic carbocycles. The number of benzene rings is 1. The van der Waals surface area contributed by atoms with E-state index in [9.17, 15) is 14.4 Å². The molecular formula is C29H46N2O6. The van der Waals surface area contributed by atoms with Gasteiger partial charge in [-0.2, -0.15) is 0 Å². The third kappa shape index (κ3) is 14.1. The van der Waals surface area contributed by atoms with E-state index in [0.29, 0.717) is 0 Å². The molecule has 8 nitrogen and oxygen atoms in total. The molecule has 0 saturated heterocycles. The summed E-state index contributed by atoms with van der Waals surface area (Å²) in [5.74, 6) is -1.76. The van der Waals surface area contributed by atoms with Gasteiger partial charge in [0.1, 0.15) is 18.2 Å². The van der Waals surface area contributed by atoms with Gasteiger partial charge in [-0.3, -0.25) is 4.79 Å². The van der Waals surface area contributed by atoms with Gasteiger partial charge < -0.3 is 25.2 Å². The molecule has 2 aliphatic carbocycles. The van der Waals surface area contributed by atoms with Crippen molar-refractivity contribution in [1.82, 2.24) is 10.6 Å². The number of amides is 1. The smallest absolute Gasteiger partial charge is 0.408 e. The van der Waals surface area contributed by atoms with Gasteiger partial charge in [-0.25, -0.2) is 9.59 Å². The summed E-state index contributed by atoms with van der Waals surface area (Å²) in [6, 6.07) is 9.72. The van der Waals surface area contributed by atoms with Crippen LogP contribution in [0.2, 0.25) is 0 Å². The largest absolute Gasteiger partial charge is 0.481 e. The van der Waals surface area contributed by atoms with Gasteiger partial charge >= 0.3 is 18.0 Å². The van der Waals surface area contributed by atoms with E-state index < -0.39 is 29.7 Å². The summed E-state index contributed by atoms with van der Waals surface area (Å²) in [4.78, 5) is 34.7. The van der Waals surface area contributed by atoms with Crippen molar-refractivity contribution >= 4 is 18.0 Å². The molecule has 0 spiro atoms. The zero-order valence-electron chi connectivity index (χ0n) is 22.8. The number of carbonyl (C=O) groups excluding carboxylic acids is 2. The Balaban J connectivity index is 0.000000308. The maximum absolute atomic E-state index is 12.1. The summed E-state index contributed by atoms with van der Waals surface area (Å²) in [5, 5.41) is 15.0. The van der Waals surface area contributed by atoms with Gasteiger partial charge in [0, 0.05) is 18.5 Å². The normalized spacial score (nSPS) is 17.6. The highest BCUT2D eigenvalue weighted by molar-refractivity contribution is 5.82. The summed E-state index contributed by atoms with van der Waals surface area (Å²) in [6.45, 7) is 5.11. The second kappa shape index (κ2) is 16.3. The predicted molar refractivity (Wildman–Crippen MR) is 143 cm³/mol. The third-order valence-electron chi connectivity index (χ3n) is 6.52. The Kier molecular flexibility index (Phi) is 13.5. The standard InChI is InChI=1S/C17H23NO6.C12H23N/c1-17(2,3)24-15(21)13(9-10-14(19)20)18-16(22)23-11-12-7-5-4-6-8-12;1-3-7-11(8-4-1)13-12-9-5-2-6-10-12/h4-8,13H,9-11H2,1-3H3,(H,18,22)(H,19,20);11-13H,1-10H2/t13-;/m0./s1. The molecule has 0 unspecified atom stereocenters. The van der Waals surface area contributed by atoms with Crippen LogP contribution >= 0.6 is 0 Å². The number of alkyl carbamates (subject to hydrolysis) is 1. The lowest BCUT2D eigenvalue weighted by Gasteiger charge is -2.30. The molecule has 0 heterocycles. The minimum Gasteiger partial charge on any atom is -0.481 e. The first kappa shape index (κ1) is 30.6. The fourth-order valence-electron chi connectivity index (χ4n) is 4.67. The van der Waals surface area contributed by atoms with Crippen LogP contribution in [0, 0.1) is 0 Å². The fraction of sp³-hybridized carbons (Fsp3) is 0.690. The topological polar surface area (TPSA) is 114 Å². The van der Waals surface area contributed by atoms with Gasteiger partial charge in [0.05, 0.1) is 0 Å². The number of rotatable bonds is 9. The lowest BCUT2D eigenvalue weighted by molar-refractivity contribution is -0.157. The number of ether oxygens (including phenoxy) is 2. The fourth-order valence-corrected chi connectivity index (χ4v) is 4.67. The summed E-state index contributed by atoms with van der Waals surface area (Å²) in [7, 11) is 0. The Hall–Kier alpha value is -2.61. The molecule has 0 bridgehead atoms. The summed E-state index contributed by atoms with van der Waals surface area (Å²) < 4.78 is 10.2. The molecule has 208 valence electrons. The van der Waals surface area contributed by atoms with Gasteiger partial charge in [-0.15, -0.1) is 0 Å². The Morgan fingerprint density at radius 2 is 1.46 bits per heavy atom. The molecule has 0 aromatic heterocycles. The average molecular weight is 519 g/mol. The second-order valence-electron chi connectivity index (χ2n) is 11.1. The van der Waals surface area contributed by atoms with Crippen molar-refractivity contribution in [1.29, 1.82) is 0 Å². The van der Waals surface area contributed by atoms with Crippen LogP contribution in [0.5, 0.6) is 0 Å². The van der Waals surface area contributed by atoms with E-state index in [1.807, 2.05) is 18.2 Å². The van der Waals surface area contributed by atoms with E-state index >= 15 is 0 Å². The lowest BCUT2D eigenvalue weighted by atomic mass is 9.91. The van der Waals surface area contributed by atoms with Crippen molar-refractivity contribution in [3.63, 3.8) is 0 Å². The van der Waals surface area contributed by atoms with E-state index in [1.165, 1.54) is 64.2 Å². The van der Waals surface area contributed by atoms with Gasteiger partial charge in [0.25, 0.3) is 0 Å². The Morgan fingerprint density at radius 3 is 1.95 bits per heavy atom. The van der Waals surface area contributed by atoms with Crippen LogP contribution in [0.25, 0.3) is 0 Å². The number of carbonyl (C=O) groups is 3. The van der Waals surface area contributed by atoms with Crippen molar-refractivity contribution in [3.05, 3.63) is 35.9 Å². The molecule has 0 radical (unpaired) electrons. The lowest BCUT2D eigenvalue weighted by Crippen LogP contribution is -2.44. The monoisotopic (exact) mass is 518 g/mol. The van der Waals surface area contributed by atoms with Crippen molar-refractivity contribution in [2.24, 2.45) is 0 Å². The molecule has 2 saturated carbocycles. The van der Waals surface area contributed by atoms with Crippen molar-refractivity contribution in [3.8, 4) is 0 Å². The van der Waals surface area contributed by atoms with E-state index in [0.717, 1.165) is 17.6 Å².